The number of nitrogens with zero attached hydrogens (tertiary/aromatic N) is 1. The van der Waals surface area contributed by atoms with Crippen molar-refractivity contribution in [2.75, 3.05) is 7.05 Å². The molecule has 3 nitrogen and oxygen atoms in total. The first-order chi connectivity index (χ1) is 11.7. The number of ether oxygens (including phenoxy) is 1. The zero-order valence-electron chi connectivity index (χ0n) is 14.3. The third-order valence-corrected chi connectivity index (χ3v) is 3.79. The zero-order valence-corrected chi connectivity index (χ0v) is 14.3. The first-order valence-corrected chi connectivity index (χ1v) is 7.82. The third kappa shape index (κ3) is 4.98. The number of rotatable bonds is 5. The maximum atomic E-state index is 13.1. The van der Waals surface area contributed by atoms with Gasteiger partial charge < -0.3 is 9.64 Å². The highest BCUT2D eigenvalue weighted by atomic mass is 19.4. The first-order valence-electron chi connectivity index (χ1n) is 7.82. The summed E-state index contributed by atoms with van der Waals surface area (Å²) in [6.45, 7) is 3.37. The van der Waals surface area contributed by atoms with Gasteiger partial charge in [-0.15, -0.1) is 0 Å². The Kier molecular flexibility index (Phi) is 5.72. The lowest BCUT2D eigenvalue weighted by Crippen LogP contribution is -2.37. The van der Waals surface area contributed by atoms with E-state index in [1.54, 1.807) is 19.1 Å². The van der Waals surface area contributed by atoms with Crippen LogP contribution in [0.15, 0.2) is 48.5 Å². The standard InChI is InChI=1S/C19H20F3NO2/c1-13-8-10-16(11-9-13)25-14(2)18(24)23(3)12-15-6-4-5-7-17(15)19(20,21)22/h4-11,14H,12H2,1-3H3. The van der Waals surface area contributed by atoms with Crippen LogP contribution in [0.5, 0.6) is 5.75 Å². The molecule has 134 valence electrons. The highest BCUT2D eigenvalue weighted by Crippen LogP contribution is 2.32. The van der Waals surface area contributed by atoms with Gasteiger partial charge in [0, 0.05) is 13.6 Å². The summed E-state index contributed by atoms with van der Waals surface area (Å²) >= 11 is 0. The van der Waals surface area contributed by atoms with E-state index in [0.29, 0.717) is 5.75 Å². The molecule has 2 rings (SSSR count). The monoisotopic (exact) mass is 351 g/mol. The van der Waals surface area contributed by atoms with Gasteiger partial charge in [-0.1, -0.05) is 35.9 Å². The van der Waals surface area contributed by atoms with Crippen molar-refractivity contribution in [2.45, 2.75) is 32.7 Å². The quantitative estimate of drug-likeness (QED) is 0.797. The Hall–Kier alpha value is -2.50. The number of halogens is 3. The number of benzene rings is 2. The van der Waals surface area contributed by atoms with E-state index in [1.165, 1.54) is 30.1 Å². The lowest BCUT2D eigenvalue weighted by atomic mass is 10.1. The number of carbonyl (C=O) groups excluding carboxylic acids is 1. The van der Waals surface area contributed by atoms with Gasteiger partial charge in [-0.2, -0.15) is 13.2 Å². The summed E-state index contributed by atoms with van der Waals surface area (Å²) in [6.07, 6.45) is -5.25. The predicted molar refractivity (Wildman–Crippen MR) is 89.2 cm³/mol. The molecular weight excluding hydrogens is 331 g/mol. The van der Waals surface area contributed by atoms with E-state index in [-0.39, 0.29) is 12.1 Å². The Bertz CT molecular complexity index is 726. The van der Waals surface area contributed by atoms with Crippen LogP contribution < -0.4 is 4.74 Å². The van der Waals surface area contributed by atoms with Crippen molar-refractivity contribution in [2.24, 2.45) is 0 Å². The van der Waals surface area contributed by atoms with E-state index in [1.807, 2.05) is 19.1 Å². The van der Waals surface area contributed by atoms with Gasteiger partial charge in [-0.05, 0) is 37.6 Å². The van der Waals surface area contributed by atoms with Crippen LogP contribution in [0.2, 0.25) is 0 Å². The Balaban J connectivity index is 2.06. The largest absolute Gasteiger partial charge is 0.481 e. The second kappa shape index (κ2) is 7.59. The molecule has 0 aliphatic carbocycles. The SMILES string of the molecule is Cc1ccc(OC(C)C(=O)N(C)Cc2ccccc2C(F)(F)F)cc1. The molecule has 0 radical (unpaired) electrons. The van der Waals surface area contributed by atoms with Gasteiger partial charge >= 0.3 is 6.18 Å². The molecule has 6 heteroatoms. The van der Waals surface area contributed by atoms with E-state index in [4.69, 9.17) is 4.74 Å². The molecule has 1 unspecified atom stereocenters. The molecular formula is C19H20F3NO2. The average molecular weight is 351 g/mol. The molecule has 0 saturated carbocycles. The van der Waals surface area contributed by atoms with Gasteiger partial charge in [-0.3, -0.25) is 4.79 Å². The second-order valence-electron chi connectivity index (χ2n) is 5.92. The number of aryl methyl sites for hydroxylation is 1. The summed E-state index contributed by atoms with van der Waals surface area (Å²) < 4.78 is 44.7. The van der Waals surface area contributed by atoms with Crippen LogP contribution >= 0.6 is 0 Å². The van der Waals surface area contributed by atoms with Crippen molar-refractivity contribution in [1.29, 1.82) is 0 Å². The highest BCUT2D eigenvalue weighted by molar-refractivity contribution is 5.80. The van der Waals surface area contributed by atoms with E-state index in [9.17, 15) is 18.0 Å². The molecule has 2 aromatic rings. The summed E-state index contributed by atoms with van der Waals surface area (Å²) in [5, 5.41) is 0. The minimum absolute atomic E-state index is 0.0494. The fraction of sp³-hybridized carbons (Fsp3) is 0.316. The van der Waals surface area contributed by atoms with Crippen LogP contribution in [-0.2, 0) is 17.5 Å². The van der Waals surface area contributed by atoms with Crippen molar-refractivity contribution in [3.63, 3.8) is 0 Å². The van der Waals surface area contributed by atoms with Gasteiger partial charge in [0.1, 0.15) is 5.75 Å². The Morgan fingerprint density at radius 2 is 1.72 bits per heavy atom. The van der Waals surface area contributed by atoms with Gasteiger partial charge in [0.05, 0.1) is 5.56 Å². The summed E-state index contributed by atoms with van der Waals surface area (Å²) in [6, 6.07) is 12.5. The van der Waals surface area contributed by atoms with Crippen molar-refractivity contribution in [3.8, 4) is 5.75 Å². The van der Waals surface area contributed by atoms with Gasteiger partial charge in [0.15, 0.2) is 6.10 Å². The van der Waals surface area contributed by atoms with E-state index in [2.05, 4.69) is 0 Å². The molecule has 25 heavy (non-hydrogen) atoms. The second-order valence-corrected chi connectivity index (χ2v) is 5.92. The maximum absolute atomic E-state index is 13.1. The number of hydrogen-bond acceptors (Lipinski definition) is 2. The van der Waals surface area contributed by atoms with Crippen LogP contribution in [0.25, 0.3) is 0 Å². The Labute approximate surface area is 145 Å². The summed E-state index contributed by atoms with van der Waals surface area (Å²) in [4.78, 5) is 13.6. The first kappa shape index (κ1) is 18.8. The van der Waals surface area contributed by atoms with Crippen LogP contribution in [0, 0.1) is 6.92 Å². The van der Waals surface area contributed by atoms with E-state index >= 15 is 0 Å². The third-order valence-electron chi connectivity index (χ3n) is 3.79. The van der Waals surface area contributed by atoms with Crippen molar-refractivity contribution in [1.82, 2.24) is 4.90 Å². The molecule has 0 heterocycles. The van der Waals surface area contributed by atoms with Crippen LogP contribution in [0.1, 0.15) is 23.6 Å². The minimum Gasteiger partial charge on any atom is -0.481 e. The molecule has 0 aliphatic rings. The molecule has 0 aliphatic heterocycles. The molecule has 1 amide bonds. The molecule has 0 aromatic heterocycles. The summed E-state index contributed by atoms with van der Waals surface area (Å²) in [5.74, 6) is 0.146. The lowest BCUT2D eigenvalue weighted by Gasteiger charge is -2.23. The smallest absolute Gasteiger partial charge is 0.416 e. The highest BCUT2D eigenvalue weighted by Gasteiger charge is 2.33. The van der Waals surface area contributed by atoms with Crippen molar-refractivity contribution < 1.29 is 22.7 Å². The van der Waals surface area contributed by atoms with Gasteiger partial charge in [-0.25, -0.2) is 0 Å². The predicted octanol–water partition coefficient (Wildman–Crippen LogP) is 4.44. The average Bonchev–Trinajstić information content (AvgIpc) is 2.55. The van der Waals surface area contributed by atoms with Gasteiger partial charge in [0.2, 0.25) is 0 Å². The Morgan fingerprint density at radius 1 is 1.12 bits per heavy atom. The molecule has 0 bridgehead atoms. The number of hydrogen-bond donors (Lipinski definition) is 0. The number of likely N-dealkylation sites (N-methyl/N-ethyl adjacent to an activating group) is 1. The maximum Gasteiger partial charge on any atom is 0.416 e. The van der Waals surface area contributed by atoms with Crippen molar-refractivity contribution >= 4 is 5.91 Å². The molecule has 2 aromatic carbocycles. The summed E-state index contributed by atoms with van der Waals surface area (Å²) in [5.41, 5.74) is 0.377. The number of amides is 1. The van der Waals surface area contributed by atoms with Crippen LogP contribution in [0.4, 0.5) is 13.2 Å². The molecule has 0 spiro atoms. The normalized spacial score (nSPS) is 12.6. The fourth-order valence-electron chi connectivity index (χ4n) is 2.45. The number of carbonyl (C=O) groups is 1. The summed E-state index contributed by atoms with van der Waals surface area (Å²) in [7, 11) is 1.46. The van der Waals surface area contributed by atoms with E-state index < -0.39 is 23.8 Å². The van der Waals surface area contributed by atoms with E-state index in [0.717, 1.165) is 11.6 Å². The Morgan fingerprint density at radius 3 is 2.32 bits per heavy atom. The molecule has 0 fully saturated rings. The fourth-order valence-corrected chi connectivity index (χ4v) is 2.45. The minimum atomic E-state index is -4.45. The lowest BCUT2D eigenvalue weighted by molar-refractivity contribution is -0.141. The topological polar surface area (TPSA) is 29.5 Å². The molecule has 1 atom stereocenters. The number of alkyl halides is 3. The zero-order chi connectivity index (χ0) is 18.6. The van der Waals surface area contributed by atoms with Crippen LogP contribution in [-0.4, -0.2) is 24.0 Å². The molecule has 0 N–H and O–H groups in total. The molecule has 0 saturated heterocycles. The van der Waals surface area contributed by atoms with Crippen LogP contribution in [0.3, 0.4) is 0 Å². The van der Waals surface area contributed by atoms with Gasteiger partial charge in [0.25, 0.3) is 5.91 Å². The van der Waals surface area contributed by atoms with Crippen molar-refractivity contribution in [3.05, 3.63) is 65.2 Å².